The second kappa shape index (κ2) is 6.72. The van der Waals surface area contributed by atoms with E-state index in [0.29, 0.717) is 17.5 Å². The third-order valence-corrected chi connectivity index (χ3v) is 3.81. The zero-order chi connectivity index (χ0) is 15.4. The fourth-order valence-electron chi connectivity index (χ4n) is 2.59. The molecule has 0 bridgehead atoms. The molecular formula is C18H22FNO. The molecule has 1 atom stereocenters. The summed E-state index contributed by atoms with van der Waals surface area (Å²) >= 11 is 0. The van der Waals surface area contributed by atoms with E-state index >= 15 is 0 Å². The van der Waals surface area contributed by atoms with Gasteiger partial charge in [0.2, 0.25) is 0 Å². The molecule has 0 amide bonds. The van der Waals surface area contributed by atoms with Crippen LogP contribution >= 0.6 is 0 Å². The van der Waals surface area contributed by atoms with E-state index < -0.39 is 0 Å². The van der Waals surface area contributed by atoms with Gasteiger partial charge in [-0.1, -0.05) is 35.9 Å². The Morgan fingerprint density at radius 1 is 1.19 bits per heavy atom. The summed E-state index contributed by atoms with van der Waals surface area (Å²) in [6.07, 6.45) is 0.682. The first-order chi connectivity index (χ1) is 10.1. The number of halogens is 1. The molecule has 0 aromatic heterocycles. The second-order valence-corrected chi connectivity index (χ2v) is 5.34. The summed E-state index contributed by atoms with van der Waals surface area (Å²) in [5.41, 5.74) is 3.62. The lowest BCUT2D eigenvalue weighted by atomic mass is 9.95. The maximum Gasteiger partial charge on any atom is 0.130 e. The molecule has 0 saturated heterocycles. The van der Waals surface area contributed by atoms with Crippen molar-refractivity contribution in [2.24, 2.45) is 0 Å². The van der Waals surface area contributed by atoms with Crippen molar-refractivity contribution >= 4 is 0 Å². The van der Waals surface area contributed by atoms with Crippen molar-refractivity contribution in [1.82, 2.24) is 5.32 Å². The van der Waals surface area contributed by atoms with Gasteiger partial charge in [-0.2, -0.15) is 0 Å². The molecule has 21 heavy (non-hydrogen) atoms. The second-order valence-electron chi connectivity index (χ2n) is 5.34. The van der Waals surface area contributed by atoms with Crippen LogP contribution in [0, 0.1) is 19.7 Å². The fraction of sp³-hybridized carbons (Fsp3) is 0.333. The van der Waals surface area contributed by atoms with Gasteiger partial charge in [-0.15, -0.1) is 0 Å². The van der Waals surface area contributed by atoms with Crippen molar-refractivity contribution in [3.8, 4) is 5.75 Å². The van der Waals surface area contributed by atoms with Crippen molar-refractivity contribution < 1.29 is 9.13 Å². The van der Waals surface area contributed by atoms with Gasteiger partial charge in [-0.25, -0.2) is 4.39 Å². The predicted octanol–water partition coefficient (Wildman–Crippen LogP) is 3.95. The lowest BCUT2D eigenvalue weighted by molar-refractivity contribution is 0.405. The van der Waals surface area contributed by atoms with E-state index in [4.69, 9.17) is 4.74 Å². The average molecular weight is 287 g/mol. The summed E-state index contributed by atoms with van der Waals surface area (Å²) in [6.45, 7) is 3.84. The average Bonchev–Trinajstić information content (AvgIpc) is 2.48. The summed E-state index contributed by atoms with van der Waals surface area (Å²) in [7, 11) is 3.52. The lowest BCUT2D eigenvalue weighted by Gasteiger charge is -2.20. The number of hydrogen-bond donors (Lipinski definition) is 1. The molecule has 1 unspecified atom stereocenters. The number of aryl methyl sites for hydroxylation is 2. The van der Waals surface area contributed by atoms with Crippen molar-refractivity contribution in [3.63, 3.8) is 0 Å². The predicted molar refractivity (Wildman–Crippen MR) is 84.4 cm³/mol. The van der Waals surface area contributed by atoms with Crippen LogP contribution in [0.4, 0.5) is 4.39 Å². The number of nitrogens with one attached hydrogen (secondary N) is 1. The molecule has 0 fully saturated rings. The minimum Gasteiger partial charge on any atom is -0.496 e. The molecule has 2 aromatic carbocycles. The van der Waals surface area contributed by atoms with Crippen LogP contribution in [0.25, 0.3) is 0 Å². The van der Waals surface area contributed by atoms with Crippen LogP contribution < -0.4 is 10.1 Å². The van der Waals surface area contributed by atoms with Gasteiger partial charge in [0.25, 0.3) is 0 Å². The van der Waals surface area contributed by atoms with Crippen LogP contribution in [-0.4, -0.2) is 14.2 Å². The third kappa shape index (κ3) is 3.42. The first kappa shape index (κ1) is 15.5. The molecule has 112 valence electrons. The van der Waals surface area contributed by atoms with E-state index in [1.807, 2.05) is 38.2 Å². The van der Waals surface area contributed by atoms with Crippen molar-refractivity contribution in [3.05, 3.63) is 64.5 Å². The van der Waals surface area contributed by atoms with E-state index in [-0.39, 0.29) is 11.9 Å². The van der Waals surface area contributed by atoms with Crippen LogP contribution in [0.2, 0.25) is 0 Å². The van der Waals surface area contributed by atoms with Gasteiger partial charge in [0, 0.05) is 11.6 Å². The number of ether oxygens (including phenoxy) is 1. The largest absolute Gasteiger partial charge is 0.496 e. The Morgan fingerprint density at radius 2 is 1.95 bits per heavy atom. The first-order valence-corrected chi connectivity index (χ1v) is 7.12. The Kier molecular flexibility index (Phi) is 4.97. The Hall–Kier alpha value is -1.87. The van der Waals surface area contributed by atoms with Gasteiger partial charge in [0.05, 0.1) is 7.11 Å². The zero-order valence-electron chi connectivity index (χ0n) is 13.0. The highest BCUT2D eigenvalue weighted by molar-refractivity contribution is 5.39. The number of likely N-dealkylation sites (N-methyl/N-ethyl adjacent to an activating group) is 1. The molecule has 0 aliphatic carbocycles. The van der Waals surface area contributed by atoms with Gasteiger partial charge in [0.15, 0.2) is 0 Å². The first-order valence-electron chi connectivity index (χ1n) is 7.12. The lowest BCUT2D eigenvalue weighted by Crippen LogP contribution is -2.20. The van der Waals surface area contributed by atoms with E-state index in [9.17, 15) is 4.39 Å². The minimum atomic E-state index is -0.136. The molecule has 0 spiro atoms. The summed E-state index contributed by atoms with van der Waals surface area (Å²) < 4.78 is 19.7. The maximum absolute atomic E-state index is 14.3. The van der Waals surface area contributed by atoms with Crippen molar-refractivity contribution in [1.29, 1.82) is 0 Å². The van der Waals surface area contributed by atoms with Crippen LogP contribution in [0.15, 0.2) is 36.4 Å². The minimum absolute atomic E-state index is 0.0828. The Morgan fingerprint density at radius 3 is 2.62 bits per heavy atom. The highest BCUT2D eigenvalue weighted by Gasteiger charge is 2.17. The molecule has 0 heterocycles. The van der Waals surface area contributed by atoms with Crippen LogP contribution in [0.1, 0.15) is 28.3 Å². The number of benzene rings is 2. The maximum atomic E-state index is 14.3. The van der Waals surface area contributed by atoms with E-state index in [1.165, 1.54) is 5.56 Å². The monoisotopic (exact) mass is 287 g/mol. The summed E-state index contributed by atoms with van der Waals surface area (Å²) in [6, 6.07) is 11.5. The number of hydrogen-bond acceptors (Lipinski definition) is 2. The summed E-state index contributed by atoms with van der Waals surface area (Å²) in [5.74, 6) is 0.706. The molecular weight excluding hydrogens is 265 g/mol. The fourth-order valence-corrected chi connectivity index (χ4v) is 2.59. The standard InChI is InChI=1S/C18H22FNO/c1-12-8-9-17(21-4)14(10-12)11-16(20-3)15-7-5-6-13(2)18(15)19/h5-10,16,20H,11H2,1-4H3. The van der Waals surface area contributed by atoms with Crippen LogP contribution in [0.3, 0.4) is 0 Å². The SMILES string of the molecule is CNC(Cc1cc(C)ccc1OC)c1cccc(C)c1F. The smallest absolute Gasteiger partial charge is 0.130 e. The van der Waals surface area contributed by atoms with Gasteiger partial charge in [-0.05, 0) is 44.5 Å². The van der Waals surface area contributed by atoms with Gasteiger partial charge in [0.1, 0.15) is 11.6 Å². The molecule has 0 radical (unpaired) electrons. The van der Waals surface area contributed by atoms with E-state index in [0.717, 1.165) is 11.3 Å². The summed E-state index contributed by atoms with van der Waals surface area (Å²) in [4.78, 5) is 0. The molecule has 1 N–H and O–H groups in total. The molecule has 0 saturated carbocycles. The van der Waals surface area contributed by atoms with E-state index in [1.54, 1.807) is 20.1 Å². The van der Waals surface area contributed by atoms with Crippen molar-refractivity contribution in [2.45, 2.75) is 26.3 Å². The topological polar surface area (TPSA) is 21.3 Å². The quantitative estimate of drug-likeness (QED) is 0.899. The zero-order valence-corrected chi connectivity index (χ0v) is 13.0. The summed E-state index contributed by atoms with van der Waals surface area (Å²) in [5, 5.41) is 3.21. The molecule has 0 aliphatic rings. The third-order valence-electron chi connectivity index (χ3n) is 3.81. The van der Waals surface area contributed by atoms with Crippen LogP contribution in [0.5, 0.6) is 5.75 Å². The normalized spacial score (nSPS) is 12.2. The Bertz CT molecular complexity index is 625. The molecule has 0 aliphatic heterocycles. The van der Waals surface area contributed by atoms with Crippen molar-refractivity contribution in [2.75, 3.05) is 14.2 Å². The Balaban J connectivity index is 2.35. The Labute approximate surface area is 126 Å². The number of rotatable bonds is 5. The molecule has 2 rings (SSSR count). The molecule has 2 aromatic rings. The molecule has 2 nitrogen and oxygen atoms in total. The van der Waals surface area contributed by atoms with Gasteiger partial charge < -0.3 is 10.1 Å². The van der Waals surface area contributed by atoms with E-state index in [2.05, 4.69) is 11.4 Å². The highest BCUT2D eigenvalue weighted by atomic mass is 19.1. The van der Waals surface area contributed by atoms with Gasteiger partial charge >= 0.3 is 0 Å². The number of methoxy groups -OCH3 is 1. The van der Waals surface area contributed by atoms with Gasteiger partial charge in [-0.3, -0.25) is 0 Å². The molecule has 3 heteroatoms. The van der Waals surface area contributed by atoms with Crippen LogP contribution in [-0.2, 0) is 6.42 Å². The highest BCUT2D eigenvalue weighted by Crippen LogP contribution is 2.28.